The quantitative estimate of drug-likeness (QED) is 0.859. The average molecular weight is 369 g/mol. The summed E-state index contributed by atoms with van der Waals surface area (Å²) >= 11 is 0. The lowest BCUT2D eigenvalue weighted by molar-refractivity contribution is 0.493. The maximum Gasteiger partial charge on any atom is 0.150 e. The van der Waals surface area contributed by atoms with Gasteiger partial charge in [0.15, 0.2) is 5.82 Å². The third kappa shape index (κ3) is 3.28. The maximum atomic E-state index is 14.5. The van der Waals surface area contributed by atoms with Gasteiger partial charge in [-0.15, -0.1) is 0 Å². The van der Waals surface area contributed by atoms with E-state index in [-0.39, 0.29) is 11.9 Å². The van der Waals surface area contributed by atoms with E-state index in [1.165, 1.54) is 6.07 Å². The highest BCUT2D eigenvalue weighted by molar-refractivity contribution is 5.96. The number of benzene rings is 1. The minimum absolute atomic E-state index is 0.240. The summed E-state index contributed by atoms with van der Waals surface area (Å²) in [6.45, 7) is 2.11. The van der Waals surface area contributed by atoms with Crippen LogP contribution in [-0.2, 0) is 7.05 Å². The number of rotatable bonds is 3. The molecule has 2 aliphatic heterocycles. The average Bonchev–Trinajstić information content (AvgIpc) is 3.04. The van der Waals surface area contributed by atoms with E-state index in [4.69, 9.17) is 11.5 Å². The van der Waals surface area contributed by atoms with Crippen LogP contribution in [0.25, 0.3) is 5.70 Å². The van der Waals surface area contributed by atoms with Crippen LogP contribution in [0.1, 0.15) is 18.4 Å². The Balaban J connectivity index is 1.75. The molecule has 2 aliphatic rings. The summed E-state index contributed by atoms with van der Waals surface area (Å²) in [5.74, 6) is 1.17. The smallest absolute Gasteiger partial charge is 0.150 e. The first-order chi connectivity index (χ1) is 13.0. The summed E-state index contributed by atoms with van der Waals surface area (Å²) in [5.41, 5.74) is 14.1. The van der Waals surface area contributed by atoms with Crippen LogP contribution in [0.5, 0.6) is 0 Å². The topological polar surface area (TPSA) is 88.7 Å². The Kier molecular flexibility index (Phi) is 4.57. The second-order valence-electron chi connectivity index (χ2n) is 7.00. The van der Waals surface area contributed by atoms with Gasteiger partial charge in [0, 0.05) is 31.7 Å². The fourth-order valence-corrected chi connectivity index (χ4v) is 3.69. The predicted molar refractivity (Wildman–Crippen MR) is 106 cm³/mol. The van der Waals surface area contributed by atoms with E-state index in [1.807, 2.05) is 22.7 Å². The van der Waals surface area contributed by atoms with Gasteiger partial charge in [0.2, 0.25) is 0 Å². The molecule has 27 heavy (non-hydrogen) atoms. The van der Waals surface area contributed by atoms with Crippen LogP contribution < -0.4 is 21.3 Å². The minimum atomic E-state index is -0.293. The largest absolute Gasteiger partial charge is 0.386 e. The van der Waals surface area contributed by atoms with E-state index < -0.39 is 0 Å². The number of anilines is 2. The Morgan fingerprint density at radius 3 is 2.67 bits per heavy atom. The number of aromatic nitrogens is 2. The predicted octanol–water partition coefficient (Wildman–Crippen LogP) is 1.66. The molecule has 0 amide bonds. The molecular formula is C19H24FN7. The highest BCUT2D eigenvalue weighted by atomic mass is 19.1. The first kappa shape index (κ1) is 17.5. The van der Waals surface area contributed by atoms with E-state index >= 15 is 0 Å². The van der Waals surface area contributed by atoms with Gasteiger partial charge < -0.3 is 21.3 Å². The summed E-state index contributed by atoms with van der Waals surface area (Å²) in [6.07, 6.45) is 5.30. The van der Waals surface area contributed by atoms with Crippen molar-refractivity contribution in [3.05, 3.63) is 48.0 Å². The Labute approximate surface area is 157 Å². The fourth-order valence-electron chi connectivity index (χ4n) is 3.69. The van der Waals surface area contributed by atoms with Crippen molar-refractivity contribution in [2.24, 2.45) is 23.5 Å². The Morgan fingerprint density at radius 2 is 1.93 bits per heavy atom. The summed E-state index contributed by atoms with van der Waals surface area (Å²) in [5, 5.41) is 4.46. The lowest BCUT2D eigenvalue weighted by atomic mass is 10.1. The van der Waals surface area contributed by atoms with Crippen LogP contribution in [0.15, 0.2) is 41.7 Å². The maximum absolute atomic E-state index is 14.5. The highest BCUT2D eigenvalue weighted by Crippen LogP contribution is 2.36. The Bertz CT molecular complexity index is 893. The number of halogens is 1. The molecule has 1 aromatic carbocycles. The van der Waals surface area contributed by atoms with Crippen molar-refractivity contribution in [3.63, 3.8) is 0 Å². The molecule has 1 aromatic heterocycles. The molecule has 2 aromatic rings. The van der Waals surface area contributed by atoms with Crippen molar-refractivity contribution < 1.29 is 4.39 Å². The lowest BCUT2D eigenvalue weighted by Crippen LogP contribution is -2.42. The molecule has 0 aliphatic carbocycles. The molecule has 142 valence electrons. The molecule has 7 nitrogen and oxygen atoms in total. The lowest BCUT2D eigenvalue weighted by Gasteiger charge is -2.35. The number of aliphatic imine (C=N–C) groups is 1. The van der Waals surface area contributed by atoms with Gasteiger partial charge in [0.25, 0.3) is 0 Å². The molecule has 4 rings (SSSR count). The van der Waals surface area contributed by atoms with Crippen LogP contribution in [0.4, 0.5) is 15.9 Å². The number of piperidine rings is 1. The molecule has 0 atom stereocenters. The highest BCUT2D eigenvalue weighted by Gasteiger charge is 2.28. The van der Waals surface area contributed by atoms with Gasteiger partial charge in [0.05, 0.1) is 24.6 Å². The van der Waals surface area contributed by atoms with Gasteiger partial charge in [-0.05, 0) is 25.0 Å². The summed E-state index contributed by atoms with van der Waals surface area (Å²) in [4.78, 5) is 8.50. The van der Waals surface area contributed by atoms with Crippen molar-refractivity contribution in [3.8, 4) is 0 Å². The normalized spacial score (nSPS) is 18.5. The standard InChI is InChI=1S/C19H24FN7/c1-25-19(26-8-6-13(21)7-9-26)17(11-24-25)27-12-18(22)23-10-16(27)14-4-2-3-5-15(14)20/h2-5,10-11,13H,6-9,12,21H2,1H3,(H2,22,23). The molecule has 0 spiro atoms. The van der Waals surface area contributed by atoms with Crippen LogP contribution in [0, 0.1) is 5.82 Å². The van der Waals surface area contributed by atoms with Crippen LogP contribution in [-0.4, -0.2) is 41.3 Å². The fraction of sp³-hybridized carbons (Fsp3) is 0.368. The van der Waals surface area contributed by atoms with E-state index in [0.717, 1.165) is 37.4 Å². The molecule has 1 fully saturated rings. The molecule has 0 unspecified atom stereocenters. The molecule has 3 heterocycles. The van der Waals surface area contributed by atoms with E-state index in [9.17, 15) is 4.39 Å². The number of aryl methyl sites for hydroxylation is 1. The van der Waals surface area contributed by atoms with E-state index in [0.29, 0.717) is 23.6 Å². The Morgan fingerprint density at radius 1 is 1.19 bits per heavy atom. The molecule has 1 saturated heterocycles. The number of hydrogen-bond acceptors (Lipinski definition) is 6. The van der Waals surface area contributed by atoms with Crippen LogP contribution >= 0.6 is 0 Å². The zero-order chi connectivity index (χ0) is 19.0. The third-order valence-corrected chi connectivity index (χ3v) is 5.13. The van der Waals surface area contributed by atoms with Gasteiger partial charge in [-0.3, -0.25) is 4.68 Å². The molecule has 4 N–H and O–H groups in total. The number of nitrogens with zero attached hydrogens (tertiary/aromatic N) is 5. The zero-order valence-corrected chi connectivity index (χ0v) is 15.3. The van der Waals surface area contributed by atoms with Gasteiger partial charge >= 0.3 is 0 Å². The second-order valence-corrected chi connectivity index (χ2v) is 7.00. The molecule has 0 bridgehead atoms. The van der Waals surface area contributed by atoms with Crippen molar-refractivity contribution in [1.82, 2.24) is 9.78 Å². The van der Waals surface area contributed by atoms with Crippen molar-refractivity contribution in [2.45, 2.75) is 18.9 Å². The second kappa shape index (κ2) is 7.03. The van der Waals surface area contributed by atoms with Gasteiger partial charge in [-0.25, -0.2) is 9.38 Å². The van der Waals surface area contributed by atoms with Gasteiger partial charge in [0.1, 0.15) is 17.3 Å². The van der Waals surface area contributed by atoms with Crippen molar-refractivity contribution in [1.29, 1.82) is 0 Å². The molecule has 0 radical (unpaired) electrons. The summed E-state index contributed by atoms with van der Waals surface area (Å²) in [6, 6.07) is 6.93. The first-order valence-corrected chi connectivity index (χ1v) is 9.12. The molecular weight excluding hydrogens is 345 g/mol. The summed E-state index contributed by atoms with van der Waals surface area (Å²) < 4.78 is 16.3. The SMILES string of the molecule is Cn1ncc(N2CC(N)=NC=C2c2ccccc2F)c1N1CCC(N)CC1. The third-order valence-electron chi connectivity index (χ3n) is 5.13. The zero-order valence-electron chi connectivity index (χ0n) is 15.3. The number of nitrogens with two attached hydrogens (primary N) is 2. The number of amidine groups is 1. The van der Waals surface area contributed by atoms with Gasteiger partial charge in [-0.1, -0.05) is 12.1 Å². The van der Waals surface area contributed by atoms with Gasteiger partial charge in [-0.2, -0.15) is 5.10 Å². The monoisotopic (exact) mass is 369 g/mol. The molecule has 0 saturated carbocycles. The summed E-state index contributed by atoms with van der Waals surface area (Å²) in [7, 11) is 1.92. The first-order valence-electron chi connectivity index (χ1n) is 9.12. The number of hydrogen-bond donors (Lipinski definition) is 2. The van der Waals surface area contributed by atoms with E-state index in [1.54, 1.807) is 24.5 Å². The Hall–Kier alpha value is -2.87. The van der Waals surface area contributed by atoms with Crippen LogP contribution in [0.3, 0.4) is 0 Å². The van der Waals surface area contributed by atoms with Crippen LogP contribution in [0.2, 0.25) is 0 Å². The minimum Gasteiger partial charge on any atom is -0.386 e. The molecule has 8 heteroatoms. The van der Waals surface area contributed by atoms with Crippen molar-refractivity contribution >= 4 is 23.0 Å². The van der Waals surface area contributed by atoms with E-state index in [2.05, 4.69) is 15.0 Å². The van der Waals surface area contributed by atoms with Crippen molar-refractivity contribution in [2.75, 3.05) is 29.4 Å².